The van der Waals surface area contributed by atoms with Gasteiger partial charge in [-0.05, 0) is 31.2 Å². The normalized spacial score (nSPS) is 10.7. The Labute approximate surface area is 97.4 Å². The van der Waals surface area contributed by atoms with E-state index >= 15 is 0 Å². The highest BCUT2D eigenvalue weighted by Crippen LogP contribution is 2.27. The van der Waals surface area contributed by atoms with Crippen molar-refractivity contribution >= 4 is 11.3 Å². The van der Waals surface area contributed by atoms with Crippen LogP contribution in [-0.2, 0) is 6.42 Å². The number of nitrogens with zero attached hydrogens (tertiary/aromatic N) is 1. The number of hydrogen-bond acceptors (Lipinski definition) is 3. The molecule has 0 radical (unpaired) electrons. The van der Waals surface area contributed by atoms with Crippen molar-refractivity contribution in [2.24, 2.45) is 0 Å². The molecule has 0 saturated carbocycles. The topological polar surface area (TPSA) is 33.1 Å². The number of aliphatic hydroxyl groups excluding tert-OH is 1. The Morgan fingerprint density at radius 2 is 2.00 bits per heavy atom. The molecular weight excluding hydrogens is 225 g/mol. The summed E-state index contributed by atoms with van der Waals surface area (Å²) in [6.07, 6.45) is 0.576. The zero-order valence-corrected chi connectivity index (χ0v) is 9.72. The lowest BCUT2D eigenvalue weighted by Gasteiger charge is -1.97. The van der Waals surface area contributed by atoms with Gasteiger partial charge in [0.05, 0.1) is 10.7 Å². The van der Waals surface area contributed by atoms with Gasteiger partial charge in [0.15, 0.2) is 0 Å². The Morgan fingerprint density at radius 3 is 2.62 bits per heavy atom. The first kappa shape index (κ1) is 11.2. The maximum absolute atomic E-state index is 12.8. The van der Waals surface area contributed by atoms with E-state index in [1.807, 2.05) is 6.92 Å². The molecule has 84 valence electrons. The van der Waals surface area contributed by atoms with Crippen LogP contribution in [0.5, 0.6) is 0 Å². The monoisotopic (exact) mass is 237 g/mol. The summed E-state index contributed by atoms with van der Waals surface area (Å²) in [7, 11) is 0. The Kier molecular flexibility index (Phi) is 3.31. The summed E-state index contributed by atoms with van der Waals surface area (Å²) in [6.45, 7) is 2.09. The summed E-state index contributed by atoms with van der Waals surface area (Å²) in [5, 5.41) is 9.76. The minimum absolute atomic E-state index is 0.107. The van der Waals surface area contributed by atoms with Crippen molar-refractivity contribution < 1.29 is 9.50 Å². The Hall–Kier alpha value is -1.26. The highest BCUT2D eigenvalue weighted by molar-refractivity contribution is 7.12. The molecule has 0 aliphatic carbocycles. The Bertz CT molecular complexity index is 478. The van der Waals surface area contributed by atoms with Gasteiger partial charge in [-0.25, -0.2) is 9.37 Å². The molecule has 1 aromatic heterocycles. The molecule has 2 aromatic rings. The Balaban J connectivity index is 2.36. The van der Waals surface area contributed by atoms with Crippen LogP contribution in [0.4, 0.5) is 4.39 Å². The van der Waals surface area contributed by atoms with E-state index < -0.39 is 0 Å². The summed E-state index contributed by atoms with van der Waals surface area (Å²) < 4.78 is 12.8. The molecule has 0 amide bonds. The lowest BCUT2D eigenvalue weighted by atomic mass is 10.1. The van der Waals surface area contributed by atoms with Gasteiger partial charge in [0.1, 0.15) is 5.82 Å². The van der Waals surface area contributed by atoms with Crippen LogP contribution in [0.3, 0.4) is 0 Å². The lowest BCUT2D eigenvalue weighted by Crippen LogP contribution is -1.89. The van der Waals surface area contributed by atoms with E-state index in [4.69, 9.17) is 5.11 Å². The zero-order chi connectivity index (χ0) is 11.5. The molecule has 0 spiro atoms. The van der Waals surface area contributed by atoms with Gasteiger partial charge in [-0.3, -0.25) is 0 Å². The van der Waals surface area contributed by atoms with Crippen LogP contribution in [0, 0.1) is 12.7 Å². The maximum Gasteiger partial charge on any atom is 0.123 e. The van der Waals surface area contributed by atoms with Crippen molar-refractivity contribution in [3.63, 3.8) is 0 Å². The molecule has 0 aliphatic heterocycles. The standard InChI is InChI=1S/C12H12FNOS/c1-8-12(14-11(16-8)6-7-15)9-2-4-10(13)5-3-9/h2-5,15H,6-7H2,1H3. The number of hydrogen-bond donors (Lipinski definition) is 1. The summed E-state index contributed by atoms with van der Waals surface area (Å²) in [4.78, 5) is 5.53. The number of halogens is 1. The van der Waals surface area contributed by atoms with Crippen LogP contribution in [-0.4, -0.2) is 16.7 Å². The van der Waals surface area contributed by atoms with Gasteiger partial charge in [-0.1, -0.05) is 0 Å². The molecule has 0 aliphatic rings. The van der Waals surface area contributed by atoms with Gasteiger partial charge in [0.25, 0.3) is 0 Å². The van der Waals surface area contributed by atoms with E-state index in [-0.39, 0.29) is 12.4 Å². The quantitative estimate of drug-likeness (QED) is 0.890. The molecule has 0 saturated heterocycles. The minimum Gasteiger partial charge on any atom is -0.396 e. The molecule has 2 rings (SSSR count). The van der Waals surface area contributed by atoms with Gasteiger partial charge in [-0.2, -0.15) is 0 Å². The summed E-state index contributed by atoms with van der Waals surface area (Å²) in [6, 6.07) is 6.31. The Morgan fingerprint density at radius 1 is 1.31 bits per heavy atom. The second-order valence-corrected chi connectivity index (χ2v) is 4.78. The number of rotatable bonds is 3. The molecule has 0 unspecified atom stereocenters. The molecule has 4 heteroatoms. The van der Waals surface area contributed by atoms with Crippen molar-refractivity contribution in [2.75, 3.05) is 6.61 Å². The summed E-state index contributed by atoms with van der Waals surface area (Å²) in [5.74, 6) is -0.243. The van der Waals surface area contributed by atoms with Crippen molar-refractivity contribution in [3.05, 3.63) is 40.0 Å². The van der Waals surface area contributed by atoms with Gasteiger partial charge in [0.2, 0.25) is 0 Å². The first-order chi connectivity index (χ1) is 7.70. The average Bonchev–Trinajstić information content (AvgIpc) is 2.61. The largest absolute Gasteiger partial charge is 0.396 e. The van der Waals surface area contributed by atoms with E-state index in [1.54, 1.807) is 23.5 Å². The van der Waals surface area contributed by atoms with Gasteiger partial charge >= 0.3 is 0 Å². The predicted octanol–water partition coefficient (Wildman–Crippen LogP) is 2.79. The third kappa shape index (κ3) is 2.28. The second-order valence-electron chi connectivity index (χ2n) is 3.49. The fourth-order valence-corrected chi connectivity index (χ4v) is 2.47. The highest BCUT2D eigenvalue weighted by Gasteiger charge is 2.09. The lowest BCUT2D eigenvalue weighted by molar-refractivity contribution is 0.299. The van der Waals surface area contributed by atoms with Crippen LogP contribution in [0.1, 0.15) is 9.88 Å². The first-order valence-electron chi connectivity index (χ1n) is 5.04. The number of aromatic nitrogens is 1. The number of thiazole rings is 1. The molecular formula is C12H12FNOS. The molecule has 1 N–H and O–H groups in total. The van der Waals surface area contributed by atoms with E-state index in [0.717, 1.165) is 21.1 Å². The van der Waals surface area contributed by atoms with E-state index in [1.165, 1.54) is 12.1 Å². The van der Waals surface area contributed by atoms with Crippen LogP contribution >= 0.6 is 11.3 Å². The van der Waals surface area contributed by atoms with Gasteiger partial charge < -0.3 is 5.11 Å². The molecule has 0 bridgehead atoms. The van der Waals surface area contributed by atoms with Crippen LogP contribution in [0.15, 0.2) is 24.3 Å². The van der Waals surface area contributed by atoms with Crippen molar-refractivity contribution in [2.45, 2.75) is 13.3 Å². The molecule has 16 heavy (non-hydrogen) atoms. The maximum atomic E-state index is 12.8. The van der Waals surface area contributed by atoms with E-state index in [2.05, 4.69) is 4.98 Å². The molecule has 0 fully saturated rings. The number of benzene rings is 1. The molecule has 1 heterocycles. The van der Waals surface area contributed by atoms with E-state index in [0.29, 0.717) is 6.42 Å². The molecule has 2 nitrogen and oxygen atoms in total. The van der Waals surface area contributed by atoms with Gasteiger partial charge in [-0.15, -0.1) is 11.3 Å². The third-order valence-electron chi connectivity index (χ3n) is 2.28. The fourth-order valence-electron chi connectivity index (χ4n) is 1.53. The molecule has 0 atom stereocenters. The average molecular weight is 237 g/mol. The SMILES string of the molecule is Cc1sc(CCO)nc1-c1ccc(F)cc1. The van der Waals surface area contributed by atoms with Crippen molar-refractivity contribution in [1.29, 1.82) is 0 Å². The van der Waals surface area contributed by atoms with Crippen LogP contribution in [0.25, 0.3) is 11.3 Å². The second kappa shape index (κ2) is 4.72. The minimum atomic E-state index is -0.243. The van der Waals surface area contributed by atoms with Crippen molar-refractivity contribution in [1.82, 2.24) is 4.98 Å². The first-order valence-corrected chi connectivity index (χ1v) is 5.85. The summed E-state index contributed by atoms with van der Waals surface area (Å²) >= 11 is 1.57. The fraction of sp³-hybridized carbons (Fsp3) is 0.250. The van der Waals surface area contributed by atoms with Gasteiger partial charge in [0, 0.05) is 23.5 Å². The predicted molar refractivity (Wildman–Crippen MR) is 63.0 cm³/mol. The smallest absolute Gasteiger partial charge is 0.123 e. The van der Waals surface area contributed by atoms with Crippen LogP contribution < -0.4 is 0 Å². The molecule has 1 aromatic carbocycles. The number of aryl methyl sites for hydroxylation is 1. The van der Waals surface area contributed by atoms with Crippen LogP contribution in [0.2, 0.25) is 0 Å². The van der Waals surface area contributed by atoms with Crippen molar-refractivity contribution in [3.8, 4) is 11.3 Å². The van der Waals surface area contributed by atoms with E-state index in [9.17, 15) is 4.39 Å². The highest BCUT2D eigenvalue weighted by atomic mass is 32.1. The zero-order valence-electron chi connectivity index (χ0n) is 8.90. The third-order valence-corrected chi connectivity index (χ3v) is 3.31. The number of aliphatic hydroxyl groups is 1. The summed E-state index contributed by atoms with van der Waals surface area (Å²) in [5.41, 5.74) is 1.80.